The Hall–Kier alpha value is -0.980. The molecule has 0 aliphatic heterocycles. The summed E-state index contributed by atoms with van der Waals surface area (Å²) < 4.78 is 5.46. The number of unbranched alkanes of at least 4 members (excludes halogenated alkanes) is 1. The number of rotatable bonds is 5. The van der Waals surface area contributed by atoms with E-state index in [0.29, 0.717) is 0 Å². The molecule has 0 aliphatic rings. The first-order valence-electron chi connectivity index (χ1n) is 4.96. The Labute approximate surface area is 80.5 Å². The Morgan fingerprint density at radius 2 is 2.31 bits per heavy atom. The average molecular weight is 178 g/mol. The Kier molecular flexibility index (Phi) is 3.81. The monoisotopic (exact) mass is 178 g/mol. The van der Waals surface area contributed by atoms with Gasteiger partial charge in [0.25, 0.3) is 0 Å². The fraction of sp³-hybridized carbons (Fsp3) is 0.500. The van der Waals surface area contributed by atoms with Crippen LogP contribution in [-0.2, 0) is 12.8 Å². The third-order valence-corrected chi connectivity index (χ3v) is 2.30. The maximum absolute atomic E-state index is 5.46. The highest BCUT2D eigenvalue weighted by Crippen LogP contribution is 2.19. The molecule has 72 valence electrons. The van der Waals surface area contributed by atoms with Crippen molar-refractivity contribution in [3.63, 3.8) is 0 Å². The SMILES string of the molecule is C=CCc1occ(C)c1CCCC. The van der Waals surface area contributed by atoms with E-state index in [0.717, 1.165) is 18.6 Å². The van der Waals surface area contributed by atoms with E-state index in [4.69, 9.17) is 4.42 Å². The van der Waals surface area contributed by atoms with Crippen molar-refractivity contribution in [1.82, 2.24) is 0 Å². The lowest BCUT2D eigenvalue weighted by molar-refractivity contribution is 0.516. The molecule has 0 amide bonds. The lowest BCUT2D eigenvalue weighted by atomic mass is 10.0. The van der Waals surface area contributed by atoms with Gasteiger partial charge in [0, 0.05) is 6.42 Å². The zero-order valence-electron chi connectivity index (χ0n) is 8.60. The molecule has 1 aromatic heterocycles. The fourth-order valence-corrected chi connectivity index (χ4v) is 1.51. The summed E-state index contributed by atoms with van der Waals surface area (Å²) in [4.78, 5) is 0. The molecule has 1 rings (SSSR count). The number of hydrogen-bond acceptors (Lipinski definition) is 1. The minimum Gasteiger partial charge on any atom is -0.468 e. The van der Waals surface area contributed by atoms with Crippen molar-refractivity contribution in [3.05, 3.63) is 35.8 Å². The molecule has 0 aliphatic carbocycles. The first-order chi connectivity index (χ1) is 6.29. The van der Waals surface area contributed by atoms with Crippen molar-refractivity contribution in [2.24, 2.45) is 0 Å². The molecule has 0 aromatic carbocycles. The van der Waals surface area contributed by atoms with Crippen molar-refractivity contribution >= 4 is 0 Å². The standard InChI is InChI=1S/C12H18O/c1-4-6-8-11-10(3)9-13-12(11)7-5-2/h5,9H,2,4,6-8H2,1,3H3. The Morgan fingerprint density at radius 1 is 1.54 bits per heavy atom. The largest absolute Gasteiger partial charge is 0.468 e. The van der Waals surface area contributed by atoms with Crippen molar-refractivity contribution in [2.75, 3.05) is 0 Å². The van der Waals surface area contributed by atoms with Crippen molar-refractivity contribution in [2.45, 2.75) is 39.5 Å². The normalized spacial score (nSPS) is 10.3. The molecule has 0 fully saturated rings. The molecule has 0 atom stereocenters. The highest BCUT2D eigenvalue weighted by molar-refractivity contribution is 5.28. The zero-order valence-corrected chi connectivity index (χ0v) is 8.60. The molecule has 0 spiro atoms. The lowest BCUT2D eigenvalue weighted by Gasteiger charge is -2.00. The molecule has 1 aromatic rings. The smallest absolute Gasteiger partial charge is 0.110 e. The molecule has 0 bridgehead atoms. The number of aryl methyl sites for hydroxylation is 1. The average Bonchev–Trinajstić information content (AvgIpc) is 2.45. The van der Waals surface area contributed by atoms with Crippen LogP contribution in [0.4, 0.5) is 0 Å². The van der Waals surface area contributed by atoms with E-state index in [2.05, 4.69) is 20.4 Å². The second-order valence-electron chi connectivity index (χ2n) is 3.42. The van der Waals surface area contributed by atoms with Crippen molar-refractivity contribution < 1.29 is 4.42 Å². The van der Waals surface area contributed by atoms with E-state index in [9.17, 15) is 0 Å². The molecule has 0 N–H and O–H groups in total. The molecule has 1 nitrogen and oxygen atoms in total. The Bertz CT molecular complexity index is 271. The molecule has 13 heavy (non-hydrogen) atoms. The van der Waals surface area contributed by atoms with Gasteiger partial charge in [-0.2, -0.15) is 0 Å². The van der Waals surface area contributed by atoms with E-state index < -0.39 is 0 Å². The second kappa shape index (κ2) is 4.90. The summed E-state index contributed by atoms with van der Waals surface area (Å²) in [5.41, 5.74) is 2.67. The summed E-state index contributed by atoms with van der Waals surface area (Å²) in [7, 11) is 0. The van der Waals surface area contributed by atoms with E-state index >= 15 is 0 Å². The summed E-state index contributed by atoms with van der Waals surface area (Å²) in [5.74, 6) is 1.10. The Morgan fingerprint density at radius 3 is 2.92 bits per heavy atom. The van der Waals surface area contributed by atoms with Gasteiger partial charge in [0.2, 0.25) is 0 Å². The molecule has 0 unspecified atom stereocenters. The van der Waals surface area contributed by atoms with Gasteiger partial charge in [0.05, 0.1) is 6.26 Å². The minimum atomic E-state index is 0.854. The van der Waals surface area contributed by atoms with Crippen molar-refractivity contribution in [1.29, 1.82) is 0 Å². The van der Waals surface area contributed by atoms with Gasteiger partial charge in [-0.1, -0.05) is 19.4 Å². The molecular formula is C12H18O. The third-order valence-electron chi connectivity index (χ3n) is 2.30. The summed E-state index contributed by atoms with van der Waals surface area (Å²) in [6.07, 6.45) is 8.22. The van der Waals surface area contributed by atoms with Crippen LogP contribution in [0.25, 0.3) is 0 Å². The van der Waals surface area contributed by atoms with Gasteiger partial charge in [-0.05, 0) is 30.9 Å². The van der Waals surface area contributed by atoms with E-state index in [1.807, 2.05) is 12.3 Å². The van der Waals surface area contributed by atoms with Crippen LogP contribution in [-0.4, -0.2) is 0 Å². The highest BCUT2D eigenvalue weighted by atomic mass is 16.3. The summed E-state index contributed by atoms with van der Waals surface area (Å²) >= 11 is 0. The maximum atomic E-state index is 5.46. The van der Waals surface area contributed by atoms with Crippen LogP contribution in [0.1, 0.15) is 36.7 Å². The summed E-state index contributed by atoms with van der Waals surface area (Å²) in [6.45, 7) is 8.05. The number of allylic oxidation sites excluding steroid dienone is 1. The number of hydrogen-bond donors (Lipinski definition) is 0. The number of furan rings is 1. The minimum absolute atomic E-state index is 0.854. The highest BCUT2D eigenvalue weighted by Gasteiger charge is 2.08. The van der Waals surface area contributed by atoms with Crippen LogP contribution >= 0.6 is 0 Å². The van der Waals surface area contributed by atoms with E-state index in [1.54, 1.807) is 0 Å². The molecule has 0 saturated carbocycles. The quantitative estimate of drug-likeness (QED) is 0.627. The molecule has 1 heteroatoms. The fourth-order valence-electron chi connectivity index (χ4n) is 1.51. The first kappa shape index (κ1) is 10.1. The second-order valence-corrected chi connectivity index (χ2v) is 3.42. The lowest BCUT2D eigenvalue weighted by Crippen LogP contribution is -1.90. The molecular weight excluding hydrogens is 160 g/mol. The molecule has 0 radical (unpaired) electrons. The van der Waals surface area contributed by atoms with Crippen LogP contribution in [0.5, 0.6) is 0 Å². The van der Waals surface area contributed by atoms with Crippen LogP contribution < -0.4 is 0 Å². The third kappa shape index (κ3) is 2.48. The Balaban J connectivity index is 2.74. The van der Waals surface area contributed by atoms with Gasteiger partial charge in [-0.25, -0.2) is 0 Å². The first-order valence-corrected chi connectivity index (χ1v) is 4.96. The topological polar surface area (TPSA) is 13.1 Å². The molecule has 1 heterocycles. The summed E-state index contributed by atoms with van der Waals surface area (Å²) in [5, 5.41) is 0. The van der Waals surface area contributed by atoms with Gasteiger partial charge in [0.15, 0.2) is 0 Å². The maximum Gasteiger partial charge on any atom is 0.110 e. The van der Waals surface area contributed by atoms with Crippen LogP contribution in [0.3, 0.4) is 0 Å². The van der Waals surface area contributed by atoms with Gasteiger partial charge in [0.1, 0.15) is 5.76 Å². The zero-order chi connectivity index (χ0) is 9.68. The van der Waals surface area contributed by atoms with E-state index in [1.165, 1.54) is 24.0 Å². The van der Waals surface area contributed by atoms with Gasteiger partial charge in [-0.3, -0.25) is 0 Å². The van der Waals surface area contributed by atoms with Crippen LogP contribution in [0.2, 0.25) is 0 Å². The van der Waals surface area contributed by atoms with Gasteiger partial charge >= 0.3 is 0 Å². The van der Waals surface area contributed by atoms with Crippen LogP contribution in [0.15, 0.2) is 23.3 Å². The van der Waals surface area contributed by atoms with Crippen molar-refractivity contribution in [3.8, 4) is 0 Å². The molecule has 0 saturated heterocycles. The summed E-state index contributed by atoms with van der Waals surface area (Å²) in [6, 6.07) is 0. The van der Waals surface area contributed by atoms with Gasteiger partial charge < -0.3 is 4.42 Å². The van der Waals surface area contributed by atoms with E-state index in [-0.39, 0.29) is 0 Å². The van der Waals surface area contributed by atoms with Crippen LogP contribution in [0, 0.1) is 6.92 Å². The predicted octanol–water partition coefficient (Wildman–Crippen LogP) is 3.66. The van der Waals surface area contributed by atoms with Gasteiger partial charge in [-0.15, -0.1) is 6.58 Å². The predicted molar refractivity (Wildman–Crippen MR) is 56.0 cm³/mol.